The van der Waals surface area contributed by atoms with E-state index in [1.165, 1.54) is 0 Å². The molecule has 0 radical (unpaired) electrons. The Labute approximate surface area is 61.8 Å². The summed E-state index contributed by atoms with van der Waals surface area (Å²) in [4.78, 5) is 0. The van der Waals surface area contributed by atoms with Crippen LogP contribution >= 0.6 is 0 Å². The van der Waals surface area contributed by atoms with Gasteiger partial charge in [-0.25, -0.2) is 0 Å². The first-order valence-corrected chi connectivity index (χ1v) is 3.37. The van der Waals surface area contributed by atoms with Crippen molar-refractivity contribution < 1.29 is 9.84 Å². The second-order valence-corrected chi connectivity index (χ2v) is 2.14. The van der Waals surface area contributed by atoms with E-state index in [2.05, 4.69) is 5.43 Å². The Balaban J connectivity index is 2.77. The van der Waals surface area contributed by atoms with Gasteiger partial charge in [-0.1, -0.05) is 0 Å². The minimum atomic E-state index is 0.0992. The van der Waals surface area contributed by atoms with Crippen LogP contribution < -0.4 is 5.43 Å². The average Bonchev–Trinajstić information content (AvgIpc) is 1.87. The number of hydrogen-bond donors (Lipinski definition) is 2. The molecule has 0 spiro atoms. The highest BCUT2D eigenvalue weighted by Gasteiger charge is 1.87. The predicted molar refractivity (Wildman–Crippen MR) is 39.6 cm³/mol. The van der Waals surface area contributed by atoms with E-state index in [4.69, 9.17) is 9.84 Å². The third kappa shape index (κ3) is 7.84. The molecule has 0 aromatic rings. The molecule has 4 nitrogen and oxygen atoms in total. The smallest absolute Gasteiger partial charge is 0.0698 e. The van der Waals surface area contributed by atoms with Crippen LogP contribution in [0.15, 0.2) is 0 Å². The number of nitrogens with one attached hydrogen (secondary N) is 1. The van der Waals surface area contributed by atoms with Crippen LogP contribution in [-0.2, 0) is 4.74 Å². The summed E-state index contributed by atoms with van der Waals surface area (Å²) in [6.45, 7) is 1.95. The van der Waals surface area contributed by atoms with E-state index >= 15 is 0 Å². The topological polar surface area (TPSA) is 44.7 Å². The minimum absolute atomic E-state index is 0.0992. The summed E-state index contributed by atoms with van der Waals surface area (Å²) in [5.74, 6) is 0. The van der Waals surface area contributed by atoms with Crippen LogP contribution in [-0.4, -0.2) is 50.6 Å². The van der Waals surface area contributed by atoms with Gasteiger partial charge in [0.1, 0.15) is 0 Å². The van der Waals surface area contributed by atoms with Gasteiger partial charge in [0.25, 0.3) is 0 Å². The van der Waals surface area contributed by atoms with Crippen LogP contribution in [0.3, 0.4) is 0 Å². The van der Waals surface area contributed by atoms with Crippen LogP contribution in [0.2, 0.25) is 0 Å². The number of aliphatic hydroxyl groups is 1. The number of ether oxygens (including phenoxy) is 1. The van der Waals surface area contributed by atoms with Crippen LogP contribution in [0.5, 0.6) is 0 Å². The van der Waals surface area contributed by atoms with Crippen LogP contribution in [0.4, 0.5) is 0 Å². The normalized spacial score (nSPS) is 10.8. The zero-order valence-corrected chi connectivity index (χ0v) is 6.63. The molecule has 0 saturated carbocycles. The molecular weight excluding hydrogens is 132 g/mol. The molecule has 0 rings (SSSR count). The molecule has 0 unspecified atom stereocenters. The molecule has 0 aliphatic heterocycles. The van der Waals surface area contributed by atoms with Crippen molar-refractivity contribution in [1.29, 1.82) is 0 Å². The molecule has 0 heterocycles. The highest BCUT2D eigenvalue weighted by Crippen LogP contribution is 1.71. The zero-order chi connectivity index (χ0) is 7.82. The summed E-state index contributed by atoms with van der Waals surface area (Å²) >= 11 is 0. The van der Waals surface area contributed by atoms with E-state index in [-0.39, 0.29) is 6.61 Å². The lowest BCUT2D eigenvalue weighted by molar-refractivity contribution is 0.0851. The number of hydrazine groups is 1. The van der Waals surface area contributed by atoms with Crippen LogP contribution in [0.25, 0.3) is 0 Å². The molecule has 0 aliphatic rings. The van der Waals surface area contributed by atoms with Gasteiger partial charge >= 0.3 is 0 Å². The Bertz CT molecular complexity index is 68.8. The Morgan fingerprint density at radius 1 is 1.40 bits per heavy atom. The molecule has 10 heavy (non-hydrogen) atoms. The van der Waals surface area contributed by atoms with E-state index < -0.39 is 0 Å². The molecular formula is C6H16N2O2. The van der Waals surface area contributed by atoms with Gasteiger partial charge in [0.05, 0.1) is 19.8 Å². The summed E-state index contributed by atoms with van der Waals surface area (Å²) in [5.41, 5.74) is 3.03. The minimum Gasteiger partial charge on any atom is -0.394 e. The van der Waals surface area contributed by atoms with Crippen molar-refractivity contribution in [2.45, 2.75) is 0 Å². The van der Waals surface area contributed by atoms with Crippen molar-refractivity contribution in [3.8, 4) is 0 Å². The van der Waals surface area contributed by atoms with E-state index in [1.807, 2.05) is 19.1 Å². The largest absolute Gasteiger partial charge is 0.394 e. The van der Waals surface area contributed by atoms with Crippen molar-refractivity contribution in [1.82, 2.24) is 10.4 Å². The molecule has 62 valence electrons. The molecule has 0 aromatic carbocycles. The first-order valence-electron chi connectivity index (χ1n) is 3.37. The third-order valence-electron chi connectivity index (χ3n) is 0.910. The zero-order valence-electron chi connectivity index (χ0n) is 6.63. The number of rotatable bonds is 6. The van der Waals surface area contributed by atoms with Crippen molar-refractivity contribution in [2.75, 3.05) is 40.5 Å². The molecule has 0 atom stereocenters. The molecule has 0 saturated heterocycles. The fourth-order valence-electron chi connectivity index (χ4n) is 0.508. The summed E-state index contributed by atoms with van der Waals surface area (Å²) in [6, 6.07) is 0. The Morgan fingerprint density at radius 3 is 2.60 bits per heavy atom. The Morgan fingerprint density at radius 2 is 2.10 bits per heavy atom. The van der Waals surface area contributed by atoms with Crippen LogP contribution in [0, 0.1) is 0 Å². The number of hydrogen-bond acceptors (Lipinski definition) is 4. The van der Waals surface area contributed by atoms with Gasteiger partial charge in [0.2, 0.25) is 0 Å². The lowest BCUT2D eigenvalue weighted by Gasteiger charge is -2.10. The standard InChI is InChI=1S/C6H16N2O2/c1-8(2)7-3-5-10-6-4-9/h7,9H,3-6H2,1-2H3. The van der Waals surface area contributed by atoms with Gasteiger partial charge in [0, 0.05) is 20.6 Å². The van der Waals surface area contributed by atoms with Gasteiger partial charge < -0.3 is 9.84 Å². The van der Waals surface area contributed by atoms with Crippen molar-refractivity contribution in [2.24, 2.45) is 0 Å². The monoisotopic (exact) mass is 148 g/mol. The predicted octanol–water partition coefficient (Wildman–Crippen LogP) is -0.938. The van der Waals surface area contributed by atoms with Gasteiger partial charge in [-0.2, -0.15) is 0 Å². The average molecular weight is 148 g/mol. The SMILES string of the molecule is CN(C)NCCOCCO. The summed E-state index contributed by atoms with van der Waals surface area (Å²) in [6.07, 6.45) is 0. The van der Waals surface area contributed by atoms with E-state index in [9.17, 15) is 0 Å². The van der Waals surface area contributed by atoms with Gasteiger partial charge in [0.15, 0.2) is 0 Å². The van der Waals surface area contributed by atoms with E-state index in [1.54, 1.807) is 0 Å². The van der Waals surface area contributed by atoms with Gasteiger partial charge in [-0.3, -0.25) is 10.4 Å². The van der Waals surface area contributed by atoms with Crippen molar-refractivity contribution in [3.05, 3.63) is 0 Å². The van der Waals surface area contributed by atoms with E-state index in [0.29, 0.717) is 13.2 Å². The molecule has 0 amide bonds. The van der Waals surface area contributed by atoms with Gasteiger partial charge in [-0.05, 0) is 0 Å². The lowest BCUT2D eigenvalue weighted by atomic mass is 10.7. The van der Waals surface area contributed by atoms with Crippen LogP contribution in [0.1, 0.15) is 0 Å². The Kier molecular flexibility index (Phi) is 6.84. The molecule has 0 aliphatic carbocycles. The number of aliphatic hydroxyl groups excluding tert-OH is 1. The highest BCUT2D eigenvalue weighted by molar-refractivity contribution is 4.36. The first kappa shape index (κ1) is 9.84. The molecule has 0 bridgehead atoms. The summed E-state index contributed by atoms with van der Waals surface area (Å²) < 4.78 is 4.99. The van der Waals surface area contributed by atoms with Crippen molar-refractivity contribution >= 4 is 0 Å². The summed E-state index contributed by atoms with van der Waals surface area (Å²) in [7, 11) is 3.85. The molecule has 0 fully saturated rings. The second kappa shape index (κ2) is 6.95. The van der Waals surface area contributed by atoms with E-state index in [0.717, 1.165) is 6.54 Å². The number of nitrogens with zero attached hydrogens (tertiary/aromatic N) is 1. The molecule has 0 aromatic heterocycles. The maximum Gasteiger partial charge on any atom is 0.0698 e. The maximum absolute atomic E-state index is 8.32. The molecule has 4 heteroatoms. The van der Waals surface area contributed by atoms with Gasteiger partial charge in [-0.15, -0.1) is 0 Å². The summed E-state index contributed by atoms with van der Waals surface area (Å²) in [5, 5.41) is 10.2. The fourth-order valence-corrected chi connectivity index (χ4v) is 0.508. The maximum atomic E-state index is 8.32. The first-order chi connectivity index (χ1) is 4.77. The Hall–Kier alpha value is -0.160. The quantitative estimate of drug-likeness (QED) is 0.377. The fraction of sp³-hybridized carbons (Fsp3) is 1.00. The third-order valence-corrected chi connectivity index (χ3v) is 0.910. The lowest BCUT2D eigenvalue weighted by Crippen LogP contribution is -2.33. The second-order valence-electron chi connectivity index (χ2n) is 2.14. The molecule has 2 N–H and O–H groups in total. The van der Waals surface area contributed by atoms with Crippen molar-refractivity contribution in [3.63, 3.8) is 0 Å². The highest BCUT2D eigenvalue weighted by atomic mass is 16.5.